The van der Waals surface area contributed by atoms with E-state index in [9.17, 15) is 9.59 Å². The number of aryl methyl sites for hydroxylation is 1. The van der Waals surface area contributed by atoms with Gasteiger partial charge in [-0.15, -0.1) is 23.1 Å². The number of aromatic nitrogens is 2. The maximum Gasteiger partial charge on any atom is 0.262 e. The molecule has 1 aromatic carbocycles. The second kappa shape index (κ2) is 7.32. The fourth-order valence-electron chi connectivity index (χ4n) is 2.55. The zero-order valence-corrected chi connectivity index (χ0v) is 15.2. The number of thiophene rings is 1. The fraction of sp³-hybridized carbons (Fsp3) is 0.278. The lowest BCUT2D eigenvalue weighted by molar-refractivity contribution is -0.119. The van der Waals surface area contributed by atoms with Gasteiger partial charge in [0, 0.05) is 16.2 Å². The largest absolute Gasteiger partial charge is 0.297 e. The van der Waals surface area contributed by atoms with E-state index in [1.807, 2.05) is 36.6 Å². The minimum absolute atomic E-state index is 0.00227. The lowest BCUT2D eigenvalue weighted by atomic mass is 10.1. The van der Waals surface area contributed by atoms with E-state index in [4.69, 9.17) is 0 Å². The quantitative estimate of drug-likeness (QED) is 0.632. The topological polar surface area (TPSA) is 52.0 Å². The van der Waals surface area contributed by atoms with Crippen molar-refractivity contribution in [2.24, 2.45) is 0 Å². The highest BCUT2D eigenvalue weighted by atomic mass is 32.2. The van der Waals surface area contributed by atoms with Gasteiger partial charge in [0.25, 0.3) is 5.56 Å². The van der Waals surface area contributed by atoms with E-state index in [-0.39, 0.29) is 17.9 Å². The van der Waals surface area contributed by atoms with Gasteiger partial charge in [0.05, 0.1) is 18.3 Å². The van der Waals surface area contributed by atoms with Crippen LogP contribution in [0.15, 0.2) is 46.3 Å². The van der Waals surface area contributed by atoms with Crippen molar-refractivity contribution in [3.05, 3.63) is 57.5 Å². The Morgan fingerprint density at radius 2 is 2.17 bits per heavy atom. The summed E-state index contributed by atoms with van der Waals surface area (Å²) in [6, 6.07) is 9.81. The molecule has 2 aromatic heterocycles. The maximum atomic E-state index is 12.5. The number of Topliss-reactive ketones (excluding diaryl/α,β-unsaturated/α-hetero) is 1. The van der Waals surface area contributed by atoms with Gasteiger partial charge in [0.1, 0.15) is 4.83 Å². The van der Waals surface area contributed by atoms with Crippen LogP contribution >= 0.6 is 23.1 Å². The van der Waals surface area contributed by atoms with Crippen LogP contribution in [0, 0.1) is 0 Å². The average Bonchev–Trinajstić information content (AvgIpc) is 3.02. The van der Waals surface area contributed by atoms with Gasteiger partial charge in [-0.25, -0.2) is 4.98 Å². The Morgan fingerprint density at radius 1 is 1.33 bits per heavy atom. The normalized spacial score (nSPS) is 11.1. The van der Waals surface area contributed by atoms with Gasteiger partial charge < -0.3 is 0 Å². The van der Waals surface area contributed by atoms with Crippen LogP contribution in [0.2, 0.25) is 0 Å². The molecule has 24 heavy (non-hydrogen) atoms. The van der Waals surface area contributed by atoms with E-state index < -0.39 is 0 Å². The number of rotatable bonds is 6. The van der Waals surface area contributed by atoms with Crippen LogP contribution in [0.5, 0.6) is 0 Å². The molecule has 0 aliphatic rings. The number of hydrogen-bond acceptors (Lipinski definition) is 5. The molecule has 0 bridgehead atoms. The smallest absolute Gasteiger partial charge is 0.262 e. The number of ketones is 1. The van der Waals surface area contributed by atoms with Crippen molar-refractivity contribution < 1.29 is 4.79 Å². The van der Waals surface area contributed by atoms with Gasteiger partial charge >= 0.3 is 0 Å². The first-order chi connectivity index (χ1) is 11.6. The van der Waals surface area contributed by atoms with Crippen molar-refractivity contribution in [1.29, 1.82) is 0 Å². The molecular formula is C18H18N2O2S2. The van der Waals surface area contributed by atoms with Crippen LogP contribution in [-0.2, 0) is 24.2 Å². The number of thioether (sulfide) groups is 1. The third kappa shape index (κ3) is 3.60. The predicted octanol–water partition coefficient (Wildman–Crippen LogP) is 3.55. The van der Waals surface area contributed by atoms with Crippen LogP contribution in [-0.4, -0.2) is 21.6 Å². The molecule has 0 atom stereocenters. The van der Waals surface area contributed by atoms with Gasteiger partial charge in [-0.2, -0.15) is 0 Å². The highest BCUT2D eigenvalue weighted by molar-refractivity contribution is 7.98. The van der Waals surface area contributed by atoms with Crippen LogP contribution < -0.4 is 5.56 Å². The first-order valence-corrected chi connectivity index (χ1v) is 9.77. The van der Waals surface area contributed by atoms with E-state index in [0.717, 1.165) is 26.6 Å². The van der Waals surface area contributed by atoms with Crippen LogP contribution in [0.3, 0.4) is 0 Å². The molecule has 124 valence electrons. The van der Waals surface area contributed by atoms with E-state index >= 15 is 0 Å². The number of benzene rings is 1. The van der Waals surface area contributed by atoms with Crippen molar-refractivity contribution in [2.45, 2.75) is 31.2 Å². The van der Waals surface area contributed by atoms with Crippen molar-refractivity contribution in [2.75, 3.05) is 6.26 Å². The molecule has 0 radical (unpaired) electrons. The summed E-state index contributed by atoms with van der Waals surface area (Å²) in [6.07, 6.45) is 4.69. The van der Waals surface area contributed by atoms with Crippen molar-refractivity contribution >= 4 is 39.1 Å². The molecule has 0 aliphatic heterocycles. The Hall–Kier alpha value is -1.92. The minimum atomic E-state index is -0.137. The fourth-order valence-corrected chi connectivity index (χ4v) is 3.96. The number of hydrogen-bond donors (Lipinski definition) is 0. The van der Waals surface area contributed by atoms with Crippen molar-refractivity contribution in [3.63, 3.8) is 0 Å². The first kappa shape index (κ1) is 16.9. The van der Waals surface area contributed by atoms with E-state index in [2.05, 4.69) is 11.9 Å². The Balaban J connectivity index is 1.80. The molecule has 0 saturated carbocycles. The second-order valence-electron chi connectivity index (χ2n) is 5.53. The van der Waals surface area contributed by atoms with E-state index in [1.54, 1.807) is 11.8 Å². The monoisotopic (exact) mass is 358 g/mol. The molecule has 2 heterocycles. The molecule has 0 fully saturated rings. The van der Waals surface area contributed by atoms with Crippen molar-refractivity contribution in [3.8, 4) is 0 Å². The maximum absolute atomic E-state index is 12.5. The number of nitrogens with zero attached hydrogens (tertiary/aromatic N) is 2. The Kier molecular flexibility index (Phi) is 5.16. The molecule has 3 rings (SSSR count). The summed E-state index contributed by atoms with van der Waals surface area (Å²) in [6.45, 7) is 2.11. The van der Waals surface area contributed by atoms with Crippen LogP contribution in [0.25, 0.3) is 10.2 Å². The Labute approximate surface area is 148 Å². The predicted molar refractivity (Wildman–Crippen MR) is 100 cm³/mol. The summed E-state index contributed by atoms with van der Waals surface area (Å²) < 4.78 is 1.41. The summed E-state index contributed by atoms with van der Waals surface area (Å²) >= 11 is 3.18. The summed E-state index contributed by atoms with van der Waals surface area (Å²) in [5.74, 6) is 0.00227. The third-order valence-electron chi connectivity index (χ3n) is 3.80. The molecule has 0 aliphatic carbocycles. The summed E-state index contributed by atoms with van der Waals surface area (Å²) in [5, 5.41) is 0.608. The number of carbonyl (C=O) groups is 1. The summed E-state index contributed by atoms with van der Waals surface area (Å²) in [5.41, 5.74) is 0.833. The Bertz CT molecular complexity index is 944. The molecular weight excluding hydrogens is 340 g/mol. The first-order valence-electron chi connectivity index (χ1n) is 7.73. The van der Waals surface area contributed by atoms with E-state index in [0.29, 0.717) is 11.8 Å². The highest BCUT2D eigenvalue weighted by Crippen LogP contribution is 2.21. The molecule has 6 heteroatoms. The zero-order valence-electron chi connectivity index (χ0n) is 13.6. The SMILES string of the molecule is CCc1cc2c(=O)n(CC(=O)Cc3cccc(SC)c3)cnc2s1. The van der Waals surface area contributed by atoms with Gasteiger partial charge in [0.15, 0.2) is 5.78 Å². The minimum Gasteiger partial charge on any atom is -0.297 e. The van der Waals surface area contributed by atoms with E-state index in [1.165, 1.54) is 22.2 Å². The molecule has 0 spiro atoms. The van der Waals surface area contributed by atoms with Crippen LogP contribution in [0.4, 0.5) is 0 Å². The highest BCUT2D eigenvalue weighted by Gasteiger charge is 2.11. The average molecular weight is 358 g/mol. The zero-order chi connectivity index (χ0) is 17.1. The molecule has 0 saturated heterocycles. The number of fused-ring (bicyclic) bond motifs is 1. The van der Waals surface area contributed by atoms with Gasteiger partial charge in [-0.3, -0.25) is 14.2 Å². The van der Waals surface area contributed by atoms with Gasteiger partial charge in [0.2, 0.25) is 0 Å². The molecule has 3 aromatic rings. The standard InChI is InChI=1S/C18H18N2O2S2/c1-3-14-9-16-17(24-14)19-11-20(18(16)22)10-13(21)7-12-5-4-6-15(8-12)23-2/h4-6,8-9,11H,3,7,10H2,1-2H3. The molecule has 4 nitrogen and oxygen atoms in total. The summed E-state index contributed by atoms with van der Waals surface area (Å²) in [4.78, 5) is 32.2. The lowest BCUT2D eigenvalue weighted by Gasteiger charge is -2.06. The molecule has 0 amide bonds. The summed E-state index contributed by atoms with van der Waals surface area (Å²) in [7, 11) is 0. The lowest BCUT2D eigenvalue weighted by Crippen LogP contribution is -2.25. The number of carbonyl (C=O) groups excluding carboxylic acids is 1. The van der Waals surface area contributed by atoms with Gasteiger partial charge in [-0.1, -0.05) is 19.1 Å². The van der Waals surface area contributed by atoms with Gasteiger partial charge in [-0.05, 0) is 36.4 Å². The second-order valence-corrected chi connectivity index (χ2v) is 7.52. The Morgan fingerprint density at radius 3 is 2.92 bits per heavy atom. The van der Waals surface area contributed by atoms with Crippen LogP contribution in [0.1, 0.15) is 17.4 Å². The molecule has 0 unspecified atom stereocenters. The van der Waals surface area contributed by atoms with Crippen molar-refractivity contribution in [1.82, 2.24) is 9.55 Å². The molecule has 0 N–H and O–H groups in total. The third-order valence-corrected chi connectivity index (χ3v) is 5.71.